The van der Waals surface area contributed by atoms with Crippen LogP contribution in [0.5, 0.6) is 0 Å². The molecule has 1 aliphatic rings. The van der Waals surface area contributed by atoms with E-state index in [0.717, 1.165) is 49.7 Å². The largest absolute Gasteiger partial charge is 0.401 e. The van der Waals surface area contributed by atoms with Gasteiger partial charge in [0.2, 0.25) is 0 Å². The third-order valence-corrected chi connectivity index (χ3v) is 6.51. The Morgan fingerprint density at radius 2 is 2.03 bits per heavy atom. The van der Waals surface area contributed by atoms with Crippen LogP contribution >= 0.6 is 0 Å². The van der Waals surface area contributed by atoms with Crippen LogP contribution in [-0.4, -0.2) is 35.3 Å². The molecule has 3 heterocycles. The first-order valence-electron chi connectivity index (χ1n) is 11.1. The van der Waals surface area contributed by atoms with Crippen molar-refractivity contribution in [2.75, 3.05) is 23.3 Å². The first kappa shape index (κ1) is 24.3. The van der Waals surface area contributed by atoms with E-state index < -0.39 is 17.5 Å². The third kappa shape index (κ3) is 4.71. The molecule has 35 heavy (non-hydrogen) atoms. The molecule has 3 aromatic rings. The molecule has 0 radical (unpaired) electrons. The van der Waals surface area contributed by atoms with E-state index >= 15 is 0 Å². The molecule has 1 aliphatic heterocycles. The molecular formula is C25H24F3N5O2. The summed E-state index contributed by atoms with van der Waals surface area (Å²) < 4.78 is 44.7. The summed E-state index contributed by atoms with van der Waals surface area (Å²) in [5.41, 5.74) is 1.49. The highest BCUT2D eigenvalue weighted by atomic mass is 19.4. The maximum absolute atomic E-state index is 13.3. The molecule has 0 aliphatic carbocycles. The van der Waals surface area contributed by atoms with E-state index in [2.05, 4.69) is 26.4 Å². The molecule has 1 N–H and O–H groups in total. The normalized spacial score (nSPS) is 16.3. The van der Waals surface area contributed by atoms with E-state index in [0.29, 0.717) is 17.7 Å². The fourth-order valence-electron chi connectivity index (χ4n) is 4.14. The highest BCUT2D eigenvalue weighted by Gasteiger charge is 2.51. The summed E-state index contributed by atoms with van der Waals surface area (Å²) in [5.74, 6) is -0.828. The summed E-state index contributed by atoms with van der Waals surface area (Å²) in [6, 6.07) is 10.3. The van der Waals surface area contributed by atoms with Crippen molar-refractivity contribution in [3.8, 4) is 6.07 Å². The van der Waals surface area contributed by atoms with Gasteiger partial charge in [-0.25, -0.2) is 0 Å². The zero-order valence-electron chi connectivity index (χ0n) is 19.5. The number of benzene rings is 1. The van der Waals surface area contributed by atoms with Crippen molar-refractivity contribution < 1.29 is 22.5 Å². The summed E-state index contributed by atoms with van der Waals surface area (Å²) >= 11 is 0. The number of nitrogens with one attached hydrogen (secondary N) is 1. The standard InChI is InChI=1S/C25H24F3N5O2/c1-15-4-5-16(23(34)31-22-11-21(35-32-22)24(2,3)25(26,27)28)10-19(15)18-7-9-33(14-18)20-13-30-8-6-17(20)12-29/h4-6,8,10-11,13,18H,7,9,14H2,1-3H3,(H,31,32,34)/t18-/m1/s1. The smallest absolute Gasteiger partial charge is 0.369 e. The number of halogens is 3. The van der Waals surface area contributed by atoms with E-state index in [9.17, 15) is 23.2 Å². The lowest BCUT2D eigenvalue weighted by Crippen LogP contribution is -2.35. The van der Waals surface area contributed by atoms with Crippen LogP contribution in [0, 0.1) is 18.3 Å². The van der Waals surface area contributed by atoms with Gasteiger partial charge in [0.05, 0.1) is 17.4 Å². The molecule has 1 aromatic carbocycles. The number of carbonyl (C=O) groups is 1. The Balaban J connectivity index is 1.50. The highest BCUT2D eigenvalue weighted by molar-refractivity contribution is 6.04. The fraction of sp³-hybridized carbons (Fsp3) is 0.360. The number of aryl methyl sites for hydroxylation is 1. The second-order valence-corrected chi connectivity index (χ2v) is 9.16. The Kier molecular flexibility index (Phi) is 6.28. The minimum atomic E-state index is -4.53. The average molecular weight is 483 g/mol. The quantitative estimate of drug-likeness (QED) is 0.527. The SMILES string of the molecule is Cc1ccc(C(=O)Nc2cc(C(C)(C)C(F)(F)F)on2)cc1[C@@H]1CCN(c2cnccc2C#N)C1. The van der Waals surface area contributed by atoms with Gasteiger partial charge in [0, 0.05) is 36.8 Å². The number of anilines is 2. The second-order valence-electron chi connectivity index (χ2n) is 9.16. The van der Waals surface area contributed by atoms with Gasteiger partial charge in [-0.05, 0) is 56.5 Å². The van der Waals surface area contributed by atoms with Crippen LogP contribution in [0.3, 0.4) is 0 Å². The van der Waals surface area contributed by atoms with E-state index in [1.165, 1.54) is 0 Å². The third-order valence-electron chi connectivity index (χ3n) is 6.51. The molecule has 182 valence electrons. The monoisotopic (exact) mass is 483 g/mol. The van der Waals surface area contributed by atoms with Crippen LogP contribution < -0.4 is 10.2 Å². The van der Waals surface area contributed by atoms with Crippen molar-refractivity contribution in [1.29, 1.82) is 5.26 Å². The van der Waals surface area contributed by atoms with Crippen LogP contribution in [0.2, 0.25) is 0 Å². The van der Waals surface area contributed by atoms with Gasteiger partial charge in [0.1, 0.15) is 11.5 Å². The Bertz CT molecular complexity index is 1290. The Morgan fingerprint density at radius 3 is 2.74 bits per heavy atom. The molecule has 0 spiro atoms. The van der Waals surface area contributed by atoms with E-state index in [1.807, 2.05) is 13.0 Å². The molecule has 1 atom stereocenters. The molecule has 2 aromatic heterocycles. The molecule has 1 saturated heterocycles. The predicted octanol–water partition coefficient (Wildman–Crippen LogP) is 5.34. The number of pyridine rings is 1. The van der Waals surface area contributed by atoms with E-state index in [1.54, 1.807) is 30.6 Å². The molecule has 1 amide bonds. The number of aromatic nitrogens is 2. The fourth-order valence-corrected chi connectivity index (χ4v) is 4.14. The maximum atomic E-state index is 13.3. The lowest BCUT2D eigenvalue weighted by molar-refractivity contribution is -0.185. The van der Waals surface area contributed by atoms with Gasteiger partial charge in [0.25, 0.3) is 5.91 Å². The predicted molar refractivity (Wildman–Crippen MR) is 123 cm³/mol. The summed E-state index contributed by atoms with van der Waals surface area (Å²) in [7, 11) is 0. The van der Waals surface area contributed by atoms with Gasteiger partial charge in [0.15, 0.2) is 11.6 Å². The van der Waals surface area contributed by atoms with Gasteiger partial charge >= 0.3 is 6.18 Å². The lowest BCUT2D eigenvalue weighted by Gasteiger charge is -2.24. The number of hydrogen-bond acceptors (Lipinski definition) is 6. The average Bonchev–Trinajstić information content (AvgIpc) is 3.49. The van der Waals surface area contributed by atoms with Crippen LogP contribution in [0.25, 0.3) is 0 Å². The van der Waals surface area contributed by atoms with Gasteiger partial charge < -0.3 is 14.7 Å². The van der Waals surface area contributed by atoms with Crippen LogP contribution in [0.1, 0.15) is 59.0 Å². The van der Waals surface area contributed by atoms with Gasteiger partial charge in [-0.3, -0.25) is 9.78 Å². The molecule has 0 saturated carbocycles. The van der Waals surface area contributed by atoms with Crippen LogP contribution in [-0.2, 0) is 5.41 Å². The first-order valence-corrected chi connectivity index (χ1v) is 11.1. The molecule has 1 fully saturated rings. The number of nitrogens with zero attached hydrogens (tertiary/aromatic N) is 4. The topological polar surface area (TPSA) is 95.1 Å². The Labute approximate surface area is 200 Å². The van der Waals surface area contributed by atoms with Crippen molar-refractivity contribution >= 4 is 17.4 Å². The summed E-state index contributed by atoms with van der Waals surface area (Å²) in [6.07, 6.45) is -0.419. The van der Waals surface area contributed by atoms with Crippen LogP contribution in [0.4, 0.5) is 24.7 Å². The molecule has 0 bridgehead atoms. The van der Waals surface area contributed by atoms with Crippen LogP contribution in [0.15, 0.2) is 47.2 Å². The Morgan fingerprint density at radius 1 is 1.26 bits per heavy atom. The molecule has 10 heteroatoms. The Hall–Kier alpha value is -3.87. The van der Waals surface area contributed by atoms with E-state index in [-0.39, 0.29) is 17.5 Å². The van der Waals surface area contributed by atoms with Gasteiger partial charge in [-0.2, -0.15) is 18.4 Å². The molecule has 7 nitrogen and oxygen atoms in total. The second kappa shape index (κ2) is 9.06. The van der Waals surface area contributed by atoms with Gasteiger partial charge in [-0.1, -0.05) is 11.2 Å². The van der Waals surface area contributed by atoms with Gasteiger partial charge in [-0.15, -0.1) is 0 Å². The number of carbonyl (C=O) groups excluding carboxylic acids is 1. The van der Waals surface area contributed by atoms with Crippen molar-refractivity contribution in [2.24, 2.45) is 0 Å². The number of alkyl halides is 3. The maximum Gasteiger partial charge on any atom is 0.401 e. The zero-order chi connectivity index (χ0) is 25.4. The number of rotatable bonds is 5. The van der Waals surface area contributed by atoms with E-state index in [4.69, 9.17) is 4.52 Å². The summed E-state index contributed by atoms with van der Waals surface area (Å²) in [6.45, 7) is 5.36. The first-order chi connectivity index (χ1) is 16.5. The minimum absolute atomic E-state index is 0.0860. The van der Waals surface area contributed by atoms with Crippen molar-refractivity contribution in [2.45, 2.75) is 44.7 Å². The minimum Gasteiger partial charge on any atom is -0.369 e. The molecule has 0 unspecified atom stereocenters. The number of hydrogen-bond donors (Lipinski definition) is 1. The van der Waals surface area contributed by atoms with Crippen molar-refractivity contribution in [3.63, 3.8) is 0 Å². The molecular weight excluding hydrogens is 459 g/mol. The summed E-state index contributed by atoms with van der Waals surface area (Å²) in [5, 5.41) is 15.5. The lowest BCUT2D eigenvalue weighted by atomic mass is 9.89. The number of nitriles is 1. The molecule has 4 rings (SSSR count). The highest BCUT2D eigenvalue weighted by Crippen LogP contribution is 2.41. The van der Waals surface area contributed by atoms with Crippen molar-refractivity contribution in [3.05, 3.63) is 70.7 Å². The van der Waals surface area contributed by atoms with Crippen molar-refractivity contribution in [1.82, 2.24) is 10.1 Å². The zero-order valence-corrected chi connectivity index (χ0v) is 19.5. The summed E-state index contributed by atoms with van der Waals surface area (Å²) in [4.78, 5) is 19.1. The number of amides is 1.